The number of benzene rings is 1. The van der Waals surface area contributed by atoms with Gasteiger partial charge in [0.25, 0.3) is 0 Å². The van der Waals surface area contributed by atoms with Crippen molar-refractivity contribution in [2.24, 2.45) is 0 Å². The molecule has 4 heteroatoms. The van der Waals surface area contributed by atoms with Crippen molar-refractivity contribution in [1.29, 1.82) is 0 Å². The molecule has 2 rings (SSSR count). The Bertz CT molecular complexity index is 399. The molecule has 0 amide bonds. The largest absolute Gasteiger partial charge is 0.376 e. The molecule has 0 saturated carbocycles. The number of rotatable bonds is 2. The van der Waals surface area contributed by atoms with E-state index in [1.54, 1.807) is 0 Å². The minimum atomic E-state index is -0.211. The van der Waals surface area contributed by atoms with Crippen LogP contribution in [0.2, 0.25) is 0 Å². The molecule has 0 spiro atoms. The summed E-state index contributed by atoms with van der Waals surface area (Å²) in [4.78, 5) is 2.37. The van der Waals surface area contributed by atoms with E-state index in [4.69, 9.17) is 4.74 Å². The molecule has 1 aliphatic rings. The maximum atomic E-state index is 13.1. The molecule has 1 heterocycles. The highest BCUT2D eigenvalue weighted by molar-refractivity contribution is 9.10. The summed E-state index contributed by atoms with van der Waals surface area (Å²) >= 11 is 3.22. The number of hydrogen-bond donors (Lipinski definition) is 0. The van der Waals surface area contributed by atoms with Gasteiger partial charge in [-0.15, -0.1) is 0 Å². The minimum Gasteiger partial charge on any atom is -0.376 e. The second-order valence-electron chi connectivity index (χ2n) is 4.67. The van der Waals surface area contributed by atoms with Gasteiger partial charge in [-0.3, -0.25) is 4.90 Å². The Hall–Kier alpha value is -0.450. The van der Waals surface area contributed by atoms with Crippen molar-refractivity contribution in [2.45, 2.75) is 32.5 Å². The SMILES string of the molecule is CC1CN(Cc2ccc(F)c(Br)c2)C(C)CO1. The van der Waals surface area contributed by atoms with E-state index < -0.39 is 0 Å². The summed E-state index contributed by atoms with van der Waals surface area (Å²) in [5.41, 5.74) is 1.12. The molecule has 17 heavy (non-hydrogen) atoms. The van der Waals surface area contributed by atoms with Gasteiger partial charge in [0.15, 0.2) is 0 Å². The first-order chi connectivity index (χ1) is 8.06. The Morgan fingerprint density at radius 3 is 2.94 bits per heavy atom. The normalized spacial score (nSPS) is 26.1. The highest BCUT2D eigenvalue weighted by atomic mass is 79.9. The summed E-state index contributed by atoms with van der Waals surface area (Å²) in [6, 6.07) is 5.61. The molecule has 1 aliphatic heterocycles. The third-order valence-electron chi connectivity index (χ3n) is 3.11. The molecule has 0 aromatic heterocycles. The number of halogens is 2. The van der Waals surface area contributed by atoms with Gasteiger partial charge in [0.1, 0.15) is 5.82 Å². The molecular formula is C13H17BrFNO. The van der Waals surface area contributed by atoms with Crippen molar-refractivity contribution in [3.63, 3.8) is 0 Å². The molecular weight excluding hydrogens is 285 g/mol. The summed E-state index contributed by atoms with van der Waals surface area (Å²) in [7, 11) is 0. The van der Waals surface area contributed by atoms with Gasteiger partial charge in [-0.25, -0.2) is 4.39 Å². The molecule has 0 radical (unpaired) electrons. The Morgan fingerprint density at radius 1 is 1.47 bits per heavy atom. The maximum absolute atomic E-state index is 13.1. The molecule has 0 bridgehead atoms. The van der Waals surface area contributed by atoms with Crippen molar-refractivity contribution < 1.29 is 9.13 Å². The zero-order chi connectivity index (χ0) is 12.4. The van der Waals surface area contributed by atoms with Gasteiger partial charge in [0.2, 0.25) is 0 Å². The van der Waals surface area contributed by atoms with Crippen LogP contribution >= 0.6 is 15.9 Å². The quantitative estimate of drug-likeness (QED) is 0.832. The van der Waals surface area contributed by atoms with Gasteiger partial charge in [0.05, 0.1) is 17.2 Å². The molecule has 2 nitrogen and oxygen atoms in total. The van der Waals surface area contributed by atoms with Gasteiger partial charge >= 0.3 is 0 Å². The topological polar surface area (TPSA) is 12.5 Å². The molecule has 1 aromatic rings. The van der Waals surface area contributed by atoms with Crippen LogP contribution in [0.25, 0.3) is 0 Å². The van der Waals surface area contributed by atoms with Gasteiger partial charge in [-0.05, 0) is 47.5 Å². The predicted octanol–water partition coefficient (Wildman–Crippen LogP) is 3.20. The lowest BCUT2D eigenvalue weighted by Gasteiger charge is -2.36. The second-order valence-corrected chi connectivity index (χ2v) is 5.53. The predicted molar refractivity (Wildman–Crippen MR) is 69.4 cm³/mol. The van der Waals surface area contributed by atoms with Crippen LogP contribution < -0.4 is 0 Å². The standard InChI is InChI=1S/C13H17BrFNO/c1-9-8-17-10(2)6-16(9)7-11-3-4-13(15)12(14)5-11/h3-5,9-10H,6-8H2,1-2H3. The summed E-state index contributed by atoms with van der Waals surface area (Å²) in [5, 5.41) is 0. The van der Waals surface area contributed by atoms with Crippen molar-refractivity contribution in [3.8, 4) is 0 Å². The Labute approximate surface area is 110 Å². The Balaban J connectivity index is 2.06. The first-order valence-electron chi connectivity index (χ1n) is 5.86. The second kappa shape index (κ2) is 5.46. The van der Waals surface area contributed by atoms with Crippen LogP contribution in [0.1, 0.15) is 19.4 Å². The van der Waals surface area contributed by atoms with Crippen LogP contribution in [0.4, 0.5) is 4.39 Å². The average Bonchev–Trinajstić information content (AvgIpc) is 2.29. The van der Waals surface area contributed by atoms with Crippen molar-refractivity contribution in [2.75, 3.05) is 13.2 Å². The Kier molecular flexibility index (Phi) is 4.17. The molecule has 1 saturated heterocycles. The Morgan fingerprint density at radius 2 is 2.24 bits per heavy atom. The molecule has 2 unspecified atom stereocenters. The molecule has 2 atom stereocenters. The van der Waals surface area contributed by atoms with E-state index in [9.17, 15) is 4.39 Å². The lowest BCUT2D eigenvalue weighted by molar-refractivity contribution is -0.0526. The van der Waals surface area contributed by atoms with Crippen molar-refractivity contribution >= 4 is 15.9 Å². The van der Waals surface area contributed by atoms with Gasteiger partial charge < -0.3 is 4.74 Å². The zero-order valence-electron chi connectivity index (χ0n) is 10.1. The van der Waals surface area contributed by atoms with Crippen molar-refractivity contribution in [3.05, 3.63) is 34.1 Å². The van der Waals surface area contributed by atoms with Crippen LogP contribution in [0, 0.1) is 5.82 Å². The first kappa shape index (κ1) is 13.0. The number of nitrogens with zero attached hydrogens (tertiary/aromatic N) is 1. The monoisotopic (exact) mass is 301 g/mol. The van der Waals surface area contributed by atoms with Gasteiger partial charge in [-0.1, -0.05) is 6.07 Å². The summed E-state index contributed by atoms with van der Waals surface area (Å²) in [6.45, 7) is 6.78. The van der Waals surface area contributed by atoms with E-state index in [1.807, 2.05) is 12.1 Å². The van der Waals surface area contributed by atoms with E-state index in [0.29, 0.717) is 10.5 Å². The van der Waals surface area contributed by atoms with Gasteiger partial charge in [0, 0.05) is 19.1 Å². The highest BCUT2D eigenvalue weighted by Crippen LogP contribution is 2.20. The lowest BCUT2D eigenvalue weighted by Crippen LogP contribution is -2.46. The third kappa shape index (κ3) is 3.27. The number of morpholine rings is 1. The summed E-state index contributed by atoms with van der Waals surface area (Å²) in [6.07, 6.45) is 0.273. The van der Waals surface area contributed by atoms with E-state index in [1.165, 1.54) is 6.07 Å². The van der Waals surface area contributed by atoms with Crippen LogP contribution in [-0.2, 0) is 11.3 Å². The maximum Gasteiger partial charge on any atom is 0.137 e. The molecule has 0 aliphatic carbocycles. The van der Waals surface area contributed by atoms with E-state index in [-0.39, 0.29) is 11.9 Å². The van der Waals surface area contributed by atoms with Crippen LogP contribution in [0.3, 0.4) is 0 Å². The van der Waals surface area contributed by atoms with Crippen LogP contribution in [0.15, 0.2) is 22.7 Å². The van der Waals surface area contributed by atoms with Crippen LogP contribution in [0.5, 0.6) is 0 Å². The van der Waals surface area contributed by atoms with Gasteiger partial charge in [-0.2, -0.15) is 0 Å². The lowest BCUT2D eigenvalue weighted by atomic mass is 10.1. The minimum absolute atomic E-state index is 0.211. The van der Waals surface area contributed by atoms with Crippen molar-refractivity contribution in [1.82, 2.24) is 4.90 Å². The van der Waals surface area contributed by atoms with Crippen LogP contribution in [-0.4, -0.2) is 30.2 Å². The zero-order valence-corrected chi connectivity index (χ0v) is 11.7. The number of ether oxygens (including phenoxy) is 1. The fourth-order valence-electron chi connectivity index (χ4n) is 2.06. The molecule has 94 valence electrons. The molecule has 1 aromatic carbocycles. The molecule has 1 fully saturated rings. The van der Waals surface area contributed by atoms with E-state index in [0.717, 1.165) is 25.3 Å². The first-order valence-corrected chi connectivity index (χ1v) is 6.65. The fraction of sp³-hybridized carbons (Fsp3) is 0.538. The highest BCUT2D eigenvalue weighted by Gasteiger charge is 2.23. The summed E-state index contributed by atoms with van der Waals surface area (Å²) < 4.78 is 19.3. The molecule has 0 N–H and O–H groups in total. The van der Waals surface area contributed by atoms with E-state index in [2.05, 4.69) is 34.7 Å². The average molecular weight is 302 g/mol. The fourth-order valence-corrected chi connectivity index (χ4v) is 2.49. The summed E-state index contributed by atoms with van der Waals surface area (Å²) in [5.74, 6) is -0.211. The number of hydrogen-bond acceptors (Lipinski definition) is 2. The smallest absolute Gasteiger partial charge is 0.137 e. The van der Waals surface area contributed by atoms with E-state index >= 15 is 0 Å². The third-order valence-corrected chi connectivity index (χ3v) is 3.71.